The molecule has 0 spiro atoms. The predicted octanol–water partition coefficient (Wildman–Crippen LogP) is 2.83. The number of likely N-dealkylation sites (tertiary alicyclic amines) is 1. The highest BCUT2D eigenvalue weighted by atomic mass is 16.5. The maximum atomic E-state index is 5.32. The normalized spacial score (nSPS) is 19.9. The highest BCUT2D eigenvalue weighted by molar-refractivity contribution is 4.92. The fourth-order valence-corrected chi connectivity index (χ4v) is 3.06. The molecule has 1 saturated heterocycles. The van der Waals surface area contributed by atoms with E-state index >= 15 is 0 Å². The molecule has 0 N–H and O–H groups in total. The van der Waals surface area contributed by atoms with Gasteiger partial charge >= 0.3 is 0 Å². The van der Waals surface area contributed by atoms with Crippen LogP contribution < -0.4 is 0 Å². The lowest BCUT2D eigenvalue weighted by molar-refractivity contribution is 0.123. The Morgan fingerprint density at radius 3 is 3.00 bits per heavy atom. The fourth-order valence-electron chi connectivity index (χ4n) is 3.06. The van der Waals surface area contributed by atoms with Crippen LogP contribution in [0.1, 0.15) is 57.2 Å². The minimum absolute atomic E-state index is 0.290. The van der Waals surface area contributed by atoms with Crippen LogP contribution in [-0.4, -0.2) is 37.4 Å². The molecule has 0 amide bonds. The van der Waals surface area contributed by atoms with Crippen molar-refractivity contribution in [2.45, 2.75) is 64.6 Å². The molecule has 0 radical (unpaired) electrons. The molecule has 2 aromatic heterocycles. The molecular formula is C16H25N5O. The Morgan fingerprint density at radius 2 is 2.27 bits per heavy atom. The van der Waals surface area contributed by atoms with Crippen LogP contribution in [0, 0.1) is 0 Å². The van der Waals surface area contributed by atoms with Crippen molar-refractivity contribution < 1.29 is 4.52 Å². The quantitative estimate of drug-likeness (QED) is 0.821. The van der Waals surface area contributed by atoms with Gasteiger partial charge < -0.3 is 4.52 Å². The van der Waals surface area contributed by atoms with E-state index in [1.807, 2.05) is 23.1 Å². The number of hydrogen-bond acceptors (Lipinski definition) is 5. The zero-order valence-electron chi connectivity index (χ0n) is 13.5. The lowest BCUT2D eigenvalue weighted by atomic mass is 9.99. The molecule has 1 fully saturated rings. The Balaban J connectivity index is 1.59. The van der Waals surface area contributed by atoms with Gasteiger partial charge in [0.2, 0.25) is 5.89 Å². The molecule has 2 aromatic rings. The first kappa shape index (κ1) is 15.2. The Hall–Kier alpha value is -1.69. The van der Waals surface area contributed by atoms with Gasteiger partial charge in [-0.2, -0.15) is 10.1 Å². The third kappa shape index (κ3) is 3.74. The van der Waals surface area contributed by atoms with Gasteiger partial charge in [0.05, 0.1) is 6.54 Å². The summed E-state index contributed by atoms with van der Waals surface area (Å²) in [5.74, 6) is 1.84. The number of aryl methyl sites for hydroxylation is 1. The summed E-state index contributed by atoms with van der Waals surface area (Å²) in [6.07, 6.45) is 8.80. The van der Waals surface area contributed by atoms with Crippen LogP contribution in [-0.2, 0) is 13.1 Å². The van der Waals surface area contributed by atoms with E-state index in [2.05, 4.69) is 34.0 Å². The maximum Gasteiger partial charge on any atom is 0.229 e. The zero-order valence-corrected chi connectivity index (χ0v) is 13.5. The Morgan fingerprint density at radius 1 is 1.36 bits per heavy atom. The molecule has 6 heteroatoms. The summed E-state index contributed by atoms with van der Waals surface area (Å²) in [6, 6.07) is 2.56. The van der Waals surface area contributed by atoms with Gasteiger partial charge in [0.15, 0.2) is 5.82 Å². The number of piperidine rings is 1. The molecule has 6 nitrogen and oxygen atoms in total. The molecule has 0 aliphatic carbocycles. The minimum Gasteiger partial charge on any atom is -0.339 e. The van der Waals surface area contributed by atoms with E-state index in [1.54, 1.807) is 0 Å². The second kappa shape index (κ2) is 7.05. The molecule has 0 aromatic carbocycles. The van der Waals surface area contributed by atoms with Gasteiger partial charge in [-0.05, 0) is 31.9 Å². The van der Waals surface area contributed by atoms with Crippen LogP contribution in [0.25, 0.3) is 0 Å². The van der Waals surface area contributed by atoms with Crippen molar-refractivity contribution in [2.24, 2.45) is 0 Å². The molecular weight excluding hydrogens is 278 g/mol. The summed E-state index contributed by atoms with van der Waals surface area (Å²) < 4.78 is 7.33. The second-order valence-electron chi connectivity index (χ2n) is 6.38. The summed E-state index contributed by atoms with van der Waals surface area (Å²) in [6.45, 7) is 7.03. The average Bonchev–Trinajstić information content (AvgIpc) is 3.17. The lowest BCUT2D eigenvalue weighted by Gasteiger charge is -2.34. The molecule has 3 heterocycles. The van der Waals surface area contributed by atoms with Gasteiger partial charge in [-0.1, -0.05) is 25.4 Å². The van der Waals surface area contributed by atoms with Crippen LogP contribution in [0.2, 0.25) is 0 Å². The first-order valence-electron chi connectivity index (χ1n) is 8.26. The third-order valence-corrected chi connectivity index (χ3v) is 4.32. The number of nitrogens with zero attached hydrogens (tertiary/aromatic N) is 5. The molecule has 1 unspecified atom stereocenters. The number of rotatable bonds is 6. The Labute approximate surface area is 131 Å². The van der Waals surface area contributed by atoms with Crippen molar-refractivity contribution in [2.75, 3.05) is 6.54 Å². The van der Waals surface area contributed by atoms with E-state index in [0.717, 1.165) is 37.8 Å². The molecule has 3 rings (SSSR count). The van der Waals surface area contributed by atoms with Crippen LogP contribution in [0.15, 0.2) is 23.0 Å². The van der Waals surface area contributed by atoms with E-state index < -0.39 is 0 Å². The molecule has 0 bridgehead atoms. The number of aromatic nitrogens is 4. The van der Waals surface area contributed by atoms with Gasteiger partial charge in [-0.15, -0.1) is 0 Å². The summed E-state index contributed by atoms with van der Waals surface area (Å²) in [5.41, 5.74) is 0. The van der Waals surface area contributed by atoms with Gasteiger partial charge in [0, 0.05) is 30.9 Å². The molecule has 1 atom stereocenters. The molecule has 1 aliphatic rings. The first-order chi connectivity index (χ1) is 10.7. The van der Waals surface area contributed by atoms with Gasteiger partial charge in [-0.3, -0.25) is 9.58 Å². The summed E-state index contributed by atoms with van der Waals surface area (Å²) >= 11 is 0. The van der Waals surface area contributed by atoms with Crippen LogP contribution in [0.4, 0.5) is 0 Å². The van der Waals surface area contributed by atoms with E-state index in [1.165, 1.54) is 19.3 Å². The fraction of sp³-hybridized carbons (Fsp3) is 0.688. The third-order valence-electron chi connectivity index (χ3n) is 4.32. The van der Waals surface area contributed by atoms with Crippen molar-refractivity contribution in [3.63, 3.8) is 0 Å². The van der Waals surface area contributed by atoms with E-state index in [4.69, 9.17) is 4.52 Å². The average molecular weight is 303 g/mol. The molecule has 120 valence electrons. The molecule has 0 saturated carbocycles. The van der Waals surface area contributed by atoms with Gasteiger partial charge in [-0.25, -0.2) is 0 Å². The van der Waals surface area contributed by atoms with Crippen molar-refractivity contribution >= 4 is 0 Å². The maximum absolute atomic E-state index is 5.32. The largest absolute Gasteiger partial charge is 0.339 e. The summed E-state index contributed by atoms with van der Waals surface area (Å²) in [7, 11) is 0. The van der Waals surface area contributed by atoms with Crippen molar-refractivity contribution in [3.05, 3.63) is 30.2 Å². The smallest absolute Gasteiger partial charge is 0.229 e. The van der Waals surface area contributed by atoms with Crippen molar-refractivity contribution in [1.29, 1.82) is 0 Å². The van der Waals surface area contributed by atoms with Crippen molar-refractivity contribution in [1.82, 2.24) is 24.8 Å². The molecule has 22 heavy (non-hydrogen) atoms. The standard InChI is InChI=1S/C16H25N5O/c1-13(2)16-18-15(19-22-16)12-20-9-4-3-6-14(20)7-11-21-10-5-8-17-21/h5,8,10,13-14H,3-4,6-7,9,11-12H2,1-2H3. The van der Waals surface area contributed by atoms with Gasteiger partial charge in [0.1, 0.15) is 0 Å². The minimum atomic E-state index is 0.290. The van der Waals surface area contributed by atoms with Crippen LogP contribution in [0.5, 0.6) is 0 Å². The topological polar surface area (TPSA) is 60.0 Å². The van der Waals surface area contributed by atoms with E-state index in [-0.39, 0.29) is 0 Å². The van der Waals surface area contributed by atoms with Crippen LogP contribution >= 0.6 is 0 Å². The van der Waals surface area contributed by atoms with E-state index in [0.29, 0.717) is 12.0 Å². The zero-order chi connectivity index (χ0) is 15.4. The number of hydrogen-bond donors (Lipinski definition) is 0. The second-order valence-corrected chi connectivity index (χ2v) is 6.38. The summed E-state index contributed by atoms with van der Waals surface area (Å²) in [5, 5.41) is 8.42. The van der Waals surface area contributed by atoms with Crippen molar-refractivity contribution in [3.8, 4) is 0 Å². The Bertz CT molecular complexity index is 563. The predicted molar refractivity (Wildman–Crippen MR) is 83.3 cm³/mol. The monoisotopic (exact) mass is 303 g/mol. The van der Waals surface area contributed by atoms with Crippen LogP contribution in [0.3, 0.4) is 0 Å². The summed E-state index contributed by atoms with van der Waals surface area (Å²) in [4.78, 5) is 7.01. The van der Waals surface area contributed by atoms with E-state index in [9.17, 15) is 0 Å². The molecule has 1 aliphatic heterocycles. The first-order valence-corrected chi connectivity index (χ1v) is 8.26. The van der Waals surface area contributed by atoms with Gasteiger partial charge in [0.25, 0.3) is 0 Å². The Kier molecular flexibility index (Phi) is 4.87. The highest BCUT2D eigenvalue weighted by Crippen LogP contribution is 2.22. The lowest BCUT2D eigenvalue weighted by Crippen LogP contribution is -2.39. The SMILES string of the molecule is CC(C)c1nc(CN2CCCCC2CCn2cccn2)no1. The highest BCUT2D eigenvalue weighted by Gasteiger charge is 2.24.